The summed E-state index contributed by atoms with van der Waals surface area (Å²) in [6.07, 6.45) is 1.84. The molecule has 13 heteroatoms. The lowest BCUT2D eigenvalue weighted by molar-refractivity contribution is 0.122. The van der Waals surface area contributed by atoms with E-state index in [9.17, 15) is 17.2 Å². The Bertz CT molecular complexity index is 1980. The first-order valence-corrected chi connectivity index (χ1v) is 16.1. The predicted octanol–water partition coefficient (Wildman–Crippen LogP) is 6.57. The minimum atomic E-state index is -4.59. The lowest BCUT2D eigenvalue weighted by Crippen LogP contribution is -2.36. The van der Waals surface area contributed by atoms with Crippen LogP contribution >= 0.6 is 0 Å². The van der Waals surface area contributed by atoms with Crippen LogP contribution in [0.1, 0.15) is 37.0 Å². The number of aromatic nitrogens is 3. The van der Waals surface area contributed by atoms with Gasteiger partial charge < -0.3 is 14.1 Å². The molecule has 9 nitrogen and oxygen atoms in total. The molecular weight excluding hydrogens is 619 g/mol. The summed E-state index contributed by atoms with van der Waals surface area (Å²) in [5.74, 6) is -1.67. The molecule has 6 rings (SSSR count). The highest BCUT2D eigenvalue weighted by atomic mass is 32.2. The second kappa shape index (κ2) is 12.9. The van der Waals surface area contributed by atoms with Gasteiger partial charge in [-0.05, 0) is 48.0 Å². The average molecular weight is 650 g/mol. The third-order valence-corrected chi connectivity index (χ3v) is 8.81. The van der Waals surface area contributed by atoms with Crippen LogP contribution in [-0.4, -0.2) is 49.7 Å². The molecule has 1 saturated heterocycles. The van der Waals surface area contributed by atoms with E-state index in [2.05, 4.69) is 14.7 Å². The Morgan fingerprint density at radius 2 is 1.65 bits per heavy atom. The van der Waals surface area contributed by atoms with Crippen LogP contribution in [0.3, 0.4) is 0 Å². The topological polar surface area (TPSA) is 110 Å². The smallest absolute Gasteiger partial charge is 0.267 e. The Morgan fingerprint density at radius 3 is 2.37 bits per heavy atom. The van der Waals surface area contributed by atoms with Gasteiger partial charge in [0.05, 0.1) is 18.9 Å². The van der Waals surface area contributed by atoms with Gasteiger partial charge in [0.15, 0.2) is 16.5 Å². The van der Waals surface area contributed by atoms with Crippen molar-refractivity contribution in [1.82, 2.24) is 15.0 Å². The number of nitrogens with zero attached hydrogens (tertiary/aromatic N) is 4. The number of nitrogens with one attached hydrogen (secondary N) is 1. The summed E-state index contributed by atoms with van der Waals surface area (Å²) in [5.41, 5.74) is 2.56. The lowest BCUT2D eigenvalue weighted by Gasteiger charge is -2.29. The van der Waals surface area contributed by atoms with E-state index in [0.29, 0.717) is 72.0 Å². The van der Waals surface area contributed by atoms with Gasteiger partial charge in [0.1, 0.15) is 34.7 Å². The van der Waals surface area contributed by atoms with E-state index < -0.39 is 26.6 Å². The Labute approximate surface area is 264 Å². The highest BCUT2D eigenvalue weighted by molar-refractivity contribution is 7.92. The summed E-state index contributed by atoms with van der Waals surface area (Å²) in [7, 11) is -4.59. The molecule has 3 heterocycles. The van der Waals surface area contributed by atoms with E-state index in [1.54, 1.807) is 30.5 Å². The fraction of sp³-hybridized carbons (Fsp3) is 0.242. The second-order valence-electron chi connectivity index (χ2n) is 11.0. The van der Waals surface area contributed by atoms with Gasteiger partial charge in [-0.25, -0.2) is 36.5 Å². The number of hydrogen-bond acceptors (Lipinski definition) is 8. The number of anilines is 2. The molecule has 1 fully saturated rings. The third-order valence-electron chi connectivity index (χ3n) is 7.38. The maximum atomic E-state index is 15.0. The van der Waals surface area contributed by atoms with Crippen LogP contribution in [0.2, 0.25) is 0 Å². The van der Waals surface area contributed by atoms with Crippen molar-refractivity contribution in [2.24, 2.45) is 0 Å². The molecule has 1 N–H and O–H groups in total. The maximum Gasteiger partial charge on any atom is 0.267 e. The predicted molar refractivity (Wildman–Crippen MR) is 166 cm³/mol. The van der Waals surface area contributed by atoms with Gasteiger partial charge in [0.25, 0.3) is 10.0 Å². The molecule has 0 amide bonds. The molecule has 0 saturated carbocycles. The number of sulfonamides is 1. The molecular formula is C33H30F3N5O4S. The monoisotopic (exact) mass is 649 g/mol. The van der Waals surface area contributed by atoms with Crippen molar-refractivity contribution in [1.29, 1.82) is 0 Å². The molecule has 3 aromatic carbocycles. The summed E-state index contributed by atoms with van der Waals surface area (Å²) in [6.45, 7) is 6.17. The van der Waals surface area contributed by atoms with Crippen molar-refractivity contribution in [3.8, 4) is 22.7 Å². The molecule has 238 valence electrons. The van der Waals surface area contributed by atoms with Crippen LogP contribution in [0.25, 0.3) is 22.7 Å². The molecule has 0 bridgehead atoms. The molecule has 0 radical (unpaired) electrons. The quantitative estimate of drug-likeness (QED) is 0.191. The Kier molecular flexibility index (Phi) is 8.78. The first-order chi connectivity index (χ1) is 22.1. The zero-order valence-corrected chi connectivity index (χ0v) is 25.8. The van der Waals surface area contributed by atoms with Crippen molar-refractivity contribution in [3.63, 3.8) is 0 Å². The van der Waals surface area contributed by atoms with Crippen molar-refractivity contribution in [3.05, 3.63) is 108 Å². The molecule has 1 aliphatic heterocycles. The van der Waals surface area contributed by atoms with E-state index in [-0.39, 0.29) is 23.8 Å². The zero-order chi connectivity index (χ0) is 32.4. The average Bonchev–Trinajstić information content (AvgIpc) is 3.48. The first-order valence-electron chi connectivity index (χ1n) is 14.6. The fourth-order valence-corrected chi connectivity index (χ4v) is 6.33. The fourth-order valence-electron chi connectivity index (χ4n) is 5.14. The number of morpholine rings is 1. The normalized spacial score (nSPS) is 13.7. The summed E-state index contributed by atoms with van der Waals surface area (Å²) < 4.78 is 83.2. The van der Waals surface area contributed by atoms with Crippen LogP contribution in [0.4, 0.5) is 24.5 Å². The van der Waals surface area contributed by atoms with E-state index in [1.807, 2.05) is 24.8 Å². The zero-order valence-electron chi connectivity index (χ0n) is 25.0. The van der Waals surface area contributed by atoms with Gasteiger partial charge >= 0.3 is 0 Å². The van der Waals surface area contributed by atoms with Crippen LogP contribution in [0.5, 0.6) is 0 Å². The van der Waals surface area contributed by atoms with Crippen LogP contribution in [-0.2, 0) is 21.2 Å². The van der Waals surface area contributed by atoms with Crippen LogP contribution < -0.4 is 9.62 Å². The van der Waals surface area contributed by atoms with Gasteiger partial charge in [0.2, 0.25) is 0 Å². The van der Waals surface area contributed by atoms with Gasteiger partial charge in [-0.15, -0.1) is 0 Å². The molecule has 46 heavy (non-hydrogen) atoms. The van der Waals surface area contributed by atoms with Gasteiger partial charge in [-0.1, -0.05) is 38.1 Å². The SMILES string of the molecule is CC(C)c1nc(-c2cccc(NS(=O)(=O)c3c(F)cccc3F)c2)c(-c2ccnc(Cc3ccc(N4CCOCC4)c(F)c3)n2)o1. The number of halogens is 3. The highest BCUT2D eigenvalue weighted by Gasteiger charge is 2.25. The molecule has 0 spiro atoms. The summed E-state index contributed by atoms with van der Waals surface area (Å²) in [4.78, 5) is 14.6. The van der Waals surface area contributed by atoms with Crippen molar-refractivity contribution in [2.45, 2.75) is 31.1 Å². The maximum absolute atomic E-state index is 15.0. The summed E-state index contributed by atoms with van der Waals surface area (Å²) in [6, 6.07) is 15.8. The standard InChI is InChI=1S/C33H30F3N5O4S/c1-20(2)33-39-30(22-5-3-6-23(19-22)40-46(42,43)32-24(34)7-4-8-25(32)35)31(45-33)27-11-12-37-29(38-27)18-21-9-10-28(26(36)17-21)41-13-15-44-16-14-41/h3-12,17,19-20,40H,13-16,18H2,1-2H3. The molecule has 2 aromatic heterocycles. The lowest BCUT2D eigenvalue weighted by atomic mass is 10.1. The number of benzene rings is 3. The highest BCUT2D eigenvalue weighted by Crippen LogP contribution is 2.35. The number of hydrogen-bond donors (Lipinski definition) is 1. The first kappa shape index (κ1) is 31.2. The van der Waals surface area contributed by atoms with Crippen molar-refractivity contribution < 1.29 is 30.7 Å². The summed E-state index contributed by atoms with van der Waals surface area (Å²) in [5, 5.41) is 0. The Hall–Kier alpha value is -4.75. The third kappa shape index (κ3) is 6.60. The Balaban J connectivity index is 1.30. The van der Waals surface area contributed by atoms with E-state index in [0.717, 1.165) is 18.2 Å². The molecule has 1 aliphatic rings. The number of ether oxygens (including phenoxy) is 1. The van der Waals surface area contributed by atoms with E-state index >= 15 is 4.39 Å². The molecule has 0 aliphatic carbocycles. The Morgan fingerprint density at radius 1 is 0.913 bits per heavy atom. The second-order valence-corrected chi connectivity index (χ2v) is 12.7. The van der Waals surface area contributed by atoms with Gasteiger partial charge in [-0.3, -0.25) is 4.72 Å². The van der Waals surface area contributed by atoms with Crippen LogP contribution in [0.15, 0.2) is 82.2 Å². The number of rotatable bonds is 9. The van der Waals surface area contributed by atoms with Crippen molar-refractivity contribution in [2.75, 3.05) is 35.9 Å². The van der Waals surface area contributed by atoms with Crippen molar-refractivity contribution >= 4 is 21.4 Å². The van der Waals surface area contributed by atoms with Gasteiger partial charge in [0, 0.05) is 42.9 Å². The largest absolute Gasteiger partial charge is 0.438 e. The molecule has 5 aromatic rings. The molecule has 0 atom stereocenters. The summed E-state index contributed by atoms with van der Waals surface area (Å²) >= 11 is 0. The van der Waals surface area contributed by atoms with E-state index in [1.165, 1.54) is 18.2 Å². The number of oxazole rings is 1. The van der Waals surface area contributed by atoms with Crippen LogP contribution in [0, 0.1) is 17.5 Å². The van der Waals surface area contributed by atoms with E-state index in [4.69, 9.17) is 14.1 Å². The minimum Gasteiger partial charge on any atom is -0.438 e. The minimum absolute atomic E-state index is 0.0612. The van der Waals surface area contributed by atoms with Gasteiger partial charge in [-0.2, -0.15) is 0 Å². The molecule has 0 unspecified atom stereocenters.